The van der Waals surface area contributed by atoms with Crippen LogP contribution in [-0.2, 0) is 23.9 Å². The highest BCUT2D eigenvalue weighted by molar-refractivity contribution is 6.37. The summed E-state index contributed by atoms with van der Waals surface area (Å²) in [5.74, 6) is -3.32. The summed E-state index contributed by atoms with van der Waals surface area (Å²) in [5, 5.41) is 21.7. The summed E-state index contributed by atoms with van der Waals surface area (Å²) in [6.07, 6.45) is -0.806. The summed E-state index contributed by atoms with van der Waals surface area (Å²) in [4.78, 5) is 63.1. The number of rotatable bonds is 9. The lowest BCUT2D eigenvalue weighted by Gasteiger charge is -2.32. The van der Waals surface area contributed by atoms with Gasteiger partial charge in [-0.1, -0.05) is 36.4 Å². The Morgan fingerprint density at radius 3 is 2.08 bits per heavy atom. The van der Waals surface area contributed by atoms with Crippen molar-refractivity contribution in [3.8, 4) is 0 Å². The number of piperazine rings is 1. The quantitative estimate of drug-likeness (QED) is 0.149. The van der Waals surface area contributed by atoms with Crippen molar-refractivity contribution in [1.82, 2.24) is 9.80 Å². The molecule has 3 aromatic rings. The number of hydrogen-bond donors (Lipinski definition) is 4. The second kappa shape index (κ2) is 16.8. The van der Waals surface area contributed by atoms with Crippen LogP contribution in [0.3, 0.4) is 0 Å². The van der Waals surface area contributed by atoms with Crippen LogP contribution in [0.25, 0.3) is 11.3 Å². The van der Waals surface area contributed by atoms with E-state index in [-0.39, 0.29) is 17.3 Å². The van der Waals surface area contributed by atoms with Crippen molar-refractivity contribution in [2.45, 2.75) is 6.42 Å². The van der Waals surface area contributed by atoms with E-state index < -0.39 is 24.3 Å². The average Bonchev–Trinajstić information content (AvgIpc) is 3.38. The molecule has 0 aromatic heterocycles. The Kier molecular flexibility index (Phi) is 12.9. The van der Waals surface area contributed by atoms with E-state index in [0.29, 0.717) is 34.6 Å². The molecule has 0 spiro atoms. The van der Waals surface area contributed by atoms with E-state index >= 15 is 0 Å². The highest BCUT2D eigenvalue weighted by atomic mass is 16.5. The summed E-state index contributed by atoms with van der Waals surface area (Å²) in [5.41, 5.74) is 5.10. The molecule has 0 radical (unpaired) electrons. The van der Waals surface area contributed by atoms with Crippen LogP contribution in [0.1, 0.15) is 27.9 Å². The van der Waals surface area contributed by atoms with Gasteiger partial charge in [-0.25, -0.2) is 4.79 Å². The Bertz CT molecular complexity index is 1660. The molecule has 1 saturated heterocycles. The second-order valence-electron chi connectivity index (χ2n) is 11.0. The summed E-state index contributed by atoms with van der Waals surface area (Å²) in [7, 11) is 5.21. The molecule has 0 bridgehead atoms. The van der Waals surface area contributed by atoms with Crippen LogP contribution in [0, 0.1) is 0 Å². The number of likely N-dealkylation sites (N-methyl/N-ethyl adjacent to an activating group) is 2. The van der Waals surface area contributed by atoms with Gasteiger partial charge in [-0.3, -0.25) is 24.1 Å². The van der Waals surface area contributed by atoms with Gasteiger partial charge in [-0.2, -0.15) is 0 Å². The van der Waals surface area contributed by atoms with Gasteiger partial charge in [0.2, 0.25) is 5.91 Å². The smallest absolute Gasteiger partial charge is 0.337 e. The molecule has 2 aliphatic rings. The van der Waals surface area contributed by atoms with Crippen LogP contribution in [0.5, 0.6) is 0 Å². The number of esters is 1. The summed E-state index contributed by atoms with van der Waals surface area (Å²) in [6, 6.07) is 22.2. The van der Waals surface area contributed by atoms with Crippen LogP contribution in [-0.4, -0.2) is 109 Å². The normalized spacial score (nSPS) is 15.0. The maximum Gasteiger partial charge on any atom is 0.337 e. The van der Waals surface area contributed by atoms with Crippen molar-refractivity contribution < 1.29 is 44.4 Å². The van der Waals surface area contributed by atoms with Gasteiger partial charge in [-0.05, 0) is 49.0 Å². The molecule has 14 nitrogen and oxygen atoms in total. The van der Waals surface area contributed by atoms with E-state index in [4.69, 9.17) is 14.9 Å². The number of anilines is 3. The van der Waals surface area contributed by atoms with Crippen LogP contribution in [0.15, 0.2) is 72.8 Å². The first-order valence-corrected chi connectivity index (χ1v) is 14.8. The van der Waals surface area contributed by atoms with Crippen molar-refractivity contribution >= 4 is 58.1 Å². The number of nitrogens with zero attached hydrogens (tertiary/aromatic N) is 3. The van der Waals surface area contributed by atoms with E-state index in [1.807, 2.05) is 54.6 Å². The molecule has 48 heavy (non-hydrogen) atoms. The fraction of sp³-hybridized carbons (Fsp3) is 0.265. The van der Waals surface area contributed by atoms with E-state index in [1.165, 1.54) is 7.11 Å². The fourth-order valence-corrected chi connectivity index (χ4v) is 5.04. The minimum Gasteiger partial charge on any atom is -0.481 e. The van der Waals surface area contributed by atoms with Crippen LogP contribution in [0.4, 0.5) is 17.1 Å². The molecule has 2 amide bonds. The lowest BCUT2D eigenvalue weighted by molar-refractivity contribution is -0.147. The maximum absolute atomic E-state index is 13.2. The Balaban J connectivity index is 0.000000706. The first-order chi connectivity index (χ1) is 22.5. The number of hydrogen-bond acceptors (Lipinski definition) is 9. The molecule has 0 saturated carbocycles. The molecule has 14 heteroatoms. The zero-order valence-corrected chi connectivity index (χ0v) is 26.9. The van der Waals surface area contributed by atoms with E-state index in [9.17, 15) is 24.0 Å². The topological polar surface area (TPSA) is 200 Å². The molecule has 1 fully saturated rings. The zero-order valence-electron chi connectivity index (χ0n) is 26.9. The Morgan fingerprint density at radius 1 is 0.896 bits per heavy atom. The molecule has 0 unspecified atom stereocenters. The first-order valence-electron chi connectivity index (χ1n) is 14.8. The molecule has 3 aromatic carbocycles. The molecular formula is C34H39N5O9. The molecule has 2 heterocycles. The fourth-order valence-electron chi connectivity index (χ4n) is 5.04. The molecule has 254 valence electrons. The van der Waals surface area contributed by atoms with E-state index in [0.717, 1.165) is 43.1 Å². The predicted molar refractivity (Wildman–Crippen MR) is 181 cm³/mol. The Morgan fingerprint density at radius 2 is 1.52 bits per heavy atom. The highest BCUT2D eigenvalue weighted by Crippen LogP contribution is 2.38. The van der Waals surface area contributed by atoms with Gasteiger partial charge in [0.25, 0.3) is 5.91 Å². The molecular weight excluding hydrogens is 622 g/mol. The van der Waals surface area contributed by atoms with Gasteiger partial charge >= 0.3 is 17.9 Å². The summed E-state index contributed by atoms with van der Waals surface area (Å²) < 4.78 is 4.82. The van der Waals surface area contributed by atoms with Crippen molar-refractivity contribution in [2.75, 3.05) is 69.5 Å². The number of carboxylic acid groups (broad SMARTS) is 2. The van der Waals surface area contributed by atoms with Gasteiger partial charge in [0.05, 0.1) is 36.2 Å². The molecule has 2 aliphatic heterocycles. The van der Waals surface area contributed by atoms with Gasteiger partial charge in [0, 0.05) is 50.2 Å². The predicted octanol–water partition coefficient (Wildman–Crippen LogP) is 2.34. The maximum atomic E-state index is 13.2. The monoisotopic (exact) mass is 661 g/mol. The minimum atomic E-state index is -1.31. The number of benzene rings is 3. The largest absolute Gasteiger partial charge is 0.481 e. The lowest BCUT2D eigenvalue weighted by atomic mass is 9.99. The average molecular weight is 662 g/mol. The summed E-state index contributed by atoms with van der Waals surface area (Å²) in [6.45, 7) is 4.09. The number of fused-ring (bicyclic) bond motifs is 1. The van der Waals surface area contributed by atoms with Crippen molar-refractivity contribution in [3.63, 3.8) is 0 Å². The molecule has 0 aliphatic carbocycles. The van der Waals surface area contributed by atoms with Crippen molar-refractivity contribution in [2.24, 2.45) is 0 Å². The number of ether oxygens (including phenoxy) is 1. The van der Waals surface area contributed by atoms with Crippen LogP contribution in [0.2, 0.25) is 0 Å². The number of methoxy groups -OCH3 is 1. The number of carbonyl (C=O) groups is 5. The third kappa shape index (κ3) is 9.48. The van der Waals surface area contributed by atoms with Crippen LogP contribution < -0.4 is 15.5 Å². The molecule has 0 atom stereocenters. The number of nitrogens with one attached hydrogen (secondary N) is 2. The Hall–Kier alpha value is -5.57. The van der Waals surface area contributed by atoms with Crippen molar-refractivity contribution in [1.29, 1.82) is 0 Å². The number of carbonyl (C=O) groups excluding carboxylic acids is 3. The van der Waals surface area contributed by atoms with Crippen molar-refractivity contribution in [3.05, 3.63) is 89.5 Å². The lowest BCUT2D eigenvalue weighted by Crippen LogP contribution is -2.48. The number of aliphatic carboxylic acids is 2. The van der Waals surface area contributed by atoms with E-state index in [1.54, 1.807) is 30.1 Å². The zero-order chi connectivity index (χ0) is 34.1. The third-order valence-corrected chi connectivity index (χ3v) is 7.65. The first kappa shape index (κ1) is 36.9. The van der Waals surface area contributed by atoms with E-state index in [2.05, 4.69) is 27.5 Å². The minimum absolute atomic E-state index is 0. The molecule has 5 rings (SSSR count). The Labute approximate surface area is 277 Å². The summed E-state index contributed by atoms with van der Waals surface area (Å²) >= 11 is 0. The van der Waals surface area contributed by atoms with Crippen LogP contribution >= 0.6 is 0 Å². The standard InChI is InChI=1S/C31H33N5O4.C3H4O4.H2O/c1-34-15-17-36(18-16-34)20-27(37)35(2)24-12-10-23(11-13-24)32-29(21-7-5-4-6-8-21)28-25-14-9-22(31(39)40-3)19-26(25)33-30(28)38;4-2(5)1-3(6)7;/h4-14,19,32H,15-18,20H2,1-3H3,(H,33,38);1H2,(H,4,5)(H,6,7);1H2/b29-28-;;. The van der Waals surface area contributed by atoms with Gasteiger partial charge < -0.3 is 40.9 Å². The van der Waals surface area contributed by atoms with Gasteiger partial charge in [-0.15, -0.1) is 0 Å². The SMILES string of the molecule is COC(=O)c1ccc2c(c1)NC(=O)/C2=C(\Nc1ccc(N(C)C(=O)CN2CCN(C)CC2)cc1)c1ccccc1.O.O=C(O)CC(=O)O. The van der Waals surface area contributed by atoms with Gasteiger partial charge in [0.15, 0.2) is 0 Å². The third-order valence-electron chi connectivity index (χ3n) is 7.65. The second-order valence-corrected chi connectivity index (χ2v) is 11.0. The highest BCUT2D eigenvalue weighted by Gasteiger charge is 2.29. The number of amides is 2. The molecule has 6 N–H and O–H groups in total. The van der Waals surface area contributed by atoms with Gasteiger partial charge in [0.1, 0.15) is 6.42 Å². The number of carboxylic acids is 2.